The van der Waals surface area contributed by atoms with E-state index in [4.69, 9.17) is 9.84 Å². The summed E-state index contributed by atoms with van der Waals surface area (Å²) in [7, 11) is 0. The third-order valence-corrected chi connectivity index (χ3v) is 4.61. The Hall–Kier alpha value is -2.73. The number of thiazole rings is 1. The van der Waals surface area contributed by atoms with Crippen molar-refractivity contribution in [3.05, 3.63) is 22.1 Å². The number of carbonyl (C=O) groups is 5. The van der Waals surface area contributed by atoms with Crippen LogP contribution in [-0.2, 0) is 23.9 Å². The maximum atomic E-state index is 11.9. The van der Waals surface area contributed by atoms with Crippen LogP contribution < -0.4 is 5.32 Å². The molecule has 0 aliphatic carbocycles. The Bertz CT molecular complexity index is 817. The normalized spacial score (nSPS) is 16.7. The summed E-state index contributed by atoms with van der Waals surface area (Å²) in [6.07, 6.45) is 0.0788. The first-order valence-electron chi connectivity index (χ1n) is 7.08. The Morgan fingerprint density at radius 3 is 2.73 bits per heavy atom. The summed E-state index contributed by atoms with van der Waals surface area (Å²) >= 11 is 1.62. The lowest BCUT2D eigenvalue weighted by Gasteiger charge is -2.09. The second-order valence-corrected chi connectivity index (χ2v) is 6.85. The van der Waals surface area contributed by atoms with Crippen molar-refractivity contribution in [2.45, 2.75) is 20.0 Å². The van der Waals surface area contributed by atoms with E-state index in [2.05, 4.69) is 10.3 Å². The number of anilines is 1. The van der Waals surface area contributed by atoms with Gasteiger partial charge in [-0.2, -0.15) is 0 Å². The average Bonchev–Trinajstić information content (AvgIpc) is 3.07. The zero-order valence-electron chi connectivity index (χ0n) is 13.5. The molecule has 0 bridgehead atoms. The van der Waals surface area contributed by atoms with Gasteiger partial charge in [-0.3, -0.25) is 24.1 Å². The number of rotatable bonds is 6. The van der Waals surface area contributed by atoms with Gasteiger partial charge in [0.05, 0.1) is 10.6 Å². The molecule has 1 aromatic heterocycles. The molecular weight excluding hydrogens is 386 g/mol. The number of carboxylic acid groups (broad SMARTS) is 1. The Kier molecular flexibility index (Phi) is 6.10. The maximum absolute atomic E-state index is 11.9. The fraction of sp³-hybridized carbons (Fsp3) is 0.286. The van der Waals surface area contributed by atoms with Gasteiger partial charge < -0.3 is 15.2 Å². The number of nitrogens with one attached hydrogen (secondary N) is 1. The predicted octanol–water partition coefficient (Wildman–Crippen LogP) is 1.37. The number of hydrogen-bond acceptors (Lipinski definition) is 9. The van der Waals surface area contributed by atoms with Gasteiger partial charge in [-0.25, -0.2) is 9.78 Å². The SMILES string of the molecule is CC(=O)Nc1nc(C(C)OC(=O)C=C2SC(=O)N(CC(=O)O)C2=O)cs1. The van der Waals surface area contributed by atoms with E-state index in [1.54, 1.807) is 12.3 Å². The first-order chi connectivity index (χ1) is 12.2. The van der Waals surface area contributed by atoms with Crippen LogP contribution in [0.2, 0.25) is 0 Å². The van der Waals surface area contributed by atoms with Crippen LogP contribution in [0.5, 0.6) is 0 Å². The molecule has 2 heterocycles. The minimum Gasteiger partial charge on any atom is -0.480 e. The molecule has 1 fully saturated rings. The molecule has 1 atom stereocenters. The van der Waals surface area contributed by atoms with Gasteiger partial charge in [0.15, 0.2) is 5.13 Å². The predicted molar refractivity (Wildman–Crippen MR) is 91.3 cm³/mol. The van der Waals surface area contributed by atoms with Crippen molar-refractivity contribution in [3.63, 3.8) is 0 Å². The Labute approximate surface area is 155 Å². The topological polar surface area (TPSA) is 143 Å². The first-order valence-corrected chi connectivity index (χ1v) is 8.77. The Morgan fingerprint density at radius 1 is 1.42 bits per heavy atom. The summed E-state index contributed by atoms with van der Waals surface area (Å²) in [6.45, 7) is 2.11. The smallest absolute Gasteiger partial charge is 0.332 e. The number of imide groups is 1. The molecule has 0 saturated carbocycles. The molecule has 12 heteroatoms. The molecule has 1 unspecified atom stereocenters. The summed E-state index contributed by atoms with van der Waals surface area (Å²) in [5.41, 5.74) is 0.402. The number of thioether (sulfide) groups is 1. The lowest BCUT2D eigenvalue weighted by Crippen LogP contribution is -2.33. The molecule has 1 aromatic rings. The summed E-state index contributed by atoms with van der Waals surface area (Å²) in [4.78, 5) is 61.5. The first kappa shape index (κ1) is 19.6. The number of aromatic nitrogens is 1. The summed E-state index contributed by atoms with van der Waals surface area (Å²) < 4.78 is 5.12. The molecule has 0 radical (unpaired) electrons. The molecule has 2 rings (SSSR count). The van der Waals surface area contributed by atoms with E-state index in [1.165, 1.54) is 6.92 Å². The number of carbonyl (C=O) groups excluding carboxylic acids is 4. The third kappa shape index (κ3) is 4.89. The second kappa shape index (κ2) is 8.10. The number of esters is 1. The third-order valence-electron chi connectivity index (χ3n) is 2.93. The second-order valence-electron chi connectivity index (χ2n) is 5.00. The number of ether oxygens (including phenoxy) is 1. The molecule has 0 aromatic carbocycles. The standard InChI is InChI=1S/C14H13N3O7S2/c1-6(8-5-25-13(16-8)15-7(2)18)24-11(21)3-9-12(22)17(4-10(19)20)14(23)26-9/h3,5-6H,4H2,1-2H3,(H,19,20)(H,15,16,18). The van der Waals surface area contributed by atoms with Gasteiger partial charge in [-0.15, -0.1) is 11.3 Å². The van der Waals surface area contributed by atoms with E-state index in [9.17, 15) is 24.0 Å². The summed E-state index contributed by atoms with van der Waals surface area (Å²) in [6, 6.07) is 0. The highest BCUT2D eigenvalue weighted by atomic mass is 32.2. The molecule has 1 aliphatic heterocycles. The van der Waals surface area contributed by atoms with Crippen LogP contribution in [0.1, 0.15) is 25.6 Å². The van der Waals surface area contributed by atoms with E-state index >= 15 is 0 Å². The maximum Gasteiger partial charge on any atom is 0.332 e. The number of nitrogens with zero attached hydrogens (tertiary/aromatic N) is 2. The number of hydrogen-bond donors (Lipinski definition) is 2. The minimum absolute atomic E-state index is 0.217. The zero-order chi connectivity index (χ0) is 19.4. The van der Waals surface area contributed by atoms with E-state index in [0.29, 0.717) is 27.5 Å². The minimum atomic E-state index is -1.34. The number of carboxylic acids is 1. The molecule has 2 N–H and O–H groups in total. The monoisotopic (exact) mass is 399 g/mol. The highest BCUT2D eigenvalue weighted by molar-refractivity contribution is 8.18. The average molecular weight is 399 g/mol. The molecule has 138 valence electrons. The quantitative estimate of drug-likeness (QED) is 0.535. The van der Waals surface area contributed by atoms with Crippen molar-refractivity contribution in [1.82, 2.24) is 9.88 Å². The van der Waals surface area contributed by atoms with Crippen molar-refractivity contribution < 1.29 is 33.8 Å². The number of amides is 3. The Balaban J connectivity index is 2.01. The van der Waals surface area contributed by atoms with Gasteiger partial charge in [0.2, 0.25) is 5.91 Å². The molecule has 10 nitrogen and oxygen atoms in total. The lowest BCUT2D eigenvalue weighted by atomic mass is 10.3. The van der Waals surface area contributed by atoms with Crippen molar-refractivity contribution >= 4 is 57.2 Å². The highest BCUT2D eigenvalue weighted by Gasteiger charge is 2.37. The van der Waals surface area contributed by atoms with Crippen molar-refractivity contribution in [1.29, 1.82) is 0 Å². The van der Waals surface area contributed by atoms with E-state index < -0.39 is 35.7 Å². The van der Waals surface area contributed by atoms with Gasteiger partial charge in [0.1, 0.15) is 12.6 Å². The van der Waals surface area contributed by atoms with Crippen LogP contribution in [0.15, 0.2) is 16.4 Å². The van der Waals surface area contributed by atoms with E-state index in [1.807, 2.05) is 0 Å². The molecule has 26 heavy (non-hydrogen) atoms. The zero-order valence-corrected chi connectivity index (χ0v) is 15.2. The van der Waals surface area contributed by atoms with Crippen LogP contribution in [0.25, 0.3) is 0 Å². The van der Waals surface area contributed by atoms with Gasteiger partial charge in [0.25, 0.3) is 11.1 Å². The van der Waals surface area contributed by atoms with Gasteiger partial charge >= 0.3 is 11.9 Å². The molecule has 3 amide bonds. The molecular formula is C14H13N3O7S2. The Morgan fingerprint density at radius 2 is 2.12 bits per heavy atom. The van der Waals surface area contributed by atoms with Crippen LogP contribution in [0.4, 0.5) is 9.93 Å². The molecule has 1 saturated heterocycles. The van der Waals surface area contributed by atoms with Crippen molar-refractivity contribution in [3.8, 4) is 0 Å². The van der Waals surface area contributed by atoms with Crippen LogP contribution in [0.3, 0.4) is 0 Å². The molecule has 0 spiro atoms. The van der Waals surface area contributed by atoms with Crippen LogP contribution >= 0.6 is 23.1 Å². The fourth-order valence-corrected chi connectivity index (χ4v) is 3.46. The van der Waals surface area contributed by atoms with Gasteiger partial charge in [0, 0.05) is 18.4 Å². The fourth-order valence-electron chi connectivity index (χ4n) is 1.83. The van der Waals surface area contributed by atoms with Crippen molar-refractivity contribution in [2.24, 2.45) is 0 Å². The summed E-state index contributed by atoms with van der Waals surface area (Å²) in [5, 5.41) is 12.4. The number of aliphatic carboxylic acids is 1. The summed E-state index contributed by atoms with van der Waals surface area (Å²) in [5.74, 6) is -3.38. The van der Waals surface area contributed by atoms with E-state index in [0.717, 1.165) is 17.4 Å². The van der Waals surface area contributed by atoms with E-state index in [-0.39, 0.29) is 10.8 Å². The lowest BCUT2D eigenvalue weighted by molar-refractivity contribution is -0.143. The molecule has 1 aliphatic rings. The van der Waals surface area contributed by atoms with Gasteiger partial charge in [-0.1, -0.05) is 0 Å². The van der Waals surface area contributed by atoms with Crippen LogP contribution in [-0.4, -0.2) is 50.5 Å². The highest BCUT2D eigenvalue weighted by Crippen LogP contribution is 2.31. The van der Waals surface area contributed by atoms with Crippen LogP contribution in [0, 0.1) is 0 Å². The van der Waals surface area contributed by atoms with Gasteiger partial charge in [-0.05, 0) is 18.7 Å². The van der Waals surface area contributed by atoms with Crippen molar-refractivity contribution in [2.75, 3.05) is 11.9 Å². The largest absolute Gasteiger partial charge is 0.480 e.